The molecule has 12 heteroatoms. The molecule has 0 atom stereocenters. The molecular formula is C17H11BrF4N2O4S. The van der Waals surface area contributed by atoms with E-state index in [2.05, 4.69) is 31.2 Å². The molecule has 0 saturated heterocycles. The van der Waals surface area contributed by atoms with Gasteiger partial charge in [-0.3, -0.25) is 10.2 Å². The lowest BCUT2D eigenvalue weighted by molar-refractivity contribution is -0.274. The van der Waals surface area contributed by atoms with E-state index in [-0.39, 0.29) is 10.6 Å². The van der Waals surface area contributed by atoms with Gasteiger partial charge in [-0.1, -0.05) is 15.9 Å². The van der Waals surface area contributed by atoms with Crippen molar-refractivity contribution in [1.29, 1.82) is 0 Å². The van der Waals surface area contributed by atoms with Crippen LogP contribution < -0.4 is 10.2 Å². The second-order valence-electron chi connectivity index (χ2n) is 5.24. The third-order valence-corrected chi connectivity index (χ3v) is 4.49. The highest BCUT2D eigenvalue weighted by molar-refractivity contribution is 9.10. The molecule has 0 fully saturated rings. The van der Waals surface area contributed by atoms with E-state index in [9.17, 15) is 32.3 Å². The van der Waals surface area contributed by atoms with Gasteiger partial charge in [0, 0.05) is 9.37 Å². The number of halogens is 5. The van der Waals surface area contributed by atoms with Crippen molar-refractivity contribution in [2.24, 2.45) is 5.10 Å². The zero-order valence-electron chi connectivity index (χ0n) is 14.4. The summed E-state index contributed by atoms with van der Waals surface area (Å²) < 4.78 is 54.8. The van der Waals surface area contributed by atoms with Gasteiger partial charge in [-0.2, -0.15) is 5.10 Å². The van der Waals surface area contributed by atoms with Crippen LogP contribution in [0.25, 0.3) is 0 Å². The van der Waals surface area contributed by atoms with Crippen LogP contribution in [0.3, 0.4) is 0 Å². The number of rotatable bonds is 7. The lowest BCUT2D eigenvalue weighted by atomic mass is 10.1. The number of carboxylic acid groups (broad SMARTS) is 1. The Labute approximate surface area is 174 Å². The van der Waals surface area contributed by atoms with Gasteiger partial charge in [0.2, 0.25) is 11.5 Å². The smallest absolute Gasteiger partial charge is 0.476 e. The van der Waals surface area contributed by atoms with Crippen LogP contribution in [0.15, 0.2) is 50.9 Å². The van der Waals surface area contributed by atoms with Crippen LogP contribution in [0.1, 0.15) is 10.4 Å². The summed E-state index contributed by atoms with van der Waals surface area (Å²) >= 11 is 4.12. The van der Waals surface area contributed by atoms with Gasteiger partial charge in [-0.05, 0) is 42.7 Å². The van der Waals surface area contributed by atoms with E-state index in [0.29, 0.717) is 4.47 Å². The summed E-state index contributed by atoms with van der Waals surface area (Å²) in [7, 11) is 0. The molecule has 2 aromatic carbocycles. The lowest BCUT2D eigenvalue weighted by Gasteiger charge is -2.10. The summed E-state index contributed by atoms with van der Waals surface area (Å²) in [6, 6.07) is 6.65. The summed E-state index contributed by atoms with van der Waals surface area (Å²) in [6.07, 6.45) is -3.28. The number of ketones is 1. The van der Waals surface area contributed by atoms with E-state index in [4.69, 9.17) is 0 Å². The van der Waals surface area contributed by atoms with Gasteiger partial charge in [0.15, 0.2) is 0 Å². The molecule has 154 valence electrons. The standard InChI is InChI=1S/C17H11BrF4N2O4S/c1-29-12-7-8(18)6-11(19)13(12)15(25)14(16(26)27)24-23-9-2-4-10(5-3-9)28-17(20,21)22/h2-7,23H,1H3,(H,26,27). The molecule has 2 rings (SSSR count). The number of nitrogens with one attached hydrogen (secondary N) is 1. The Kier molecular flexibility index (Phi) is 7.25. The number of nitrogens with zero attached hydrogens (tertiary/aromatic N) is 1. The van der Waals surface area contributed by atoms with Crippen LogP contribution >= 0.6 is 27.7 Å². The molecule has 2 N–H and O–H groups in total. The lowest BCUT2D eigenvalue weighted by Crippen LogP contribution is -2.26. The molecule has 0 spiro atoms. The number of hydrazone groups is 1. The van der Waals surface area contributed by atoms with E-state index < -0.39 is 41.0 Å². The molecule has 0 aliphatic heterocycles. The van der Waals surface area contributed by atoms with Crippen molar-refractivity contribution in [1.82, 2.24) is 0 Å². The van der Waals surface area contributed by atoms with Gasteiger partial charge in [0.25, 0.3) is 0 Å². The Morgan fingerprint density at radius 1 is 1.21 bits per heavy atom. The summed E-state index contributed by atoms with van der Waals surface area (Å²) in [6.45, 7) is 0. The van der Waals surface area contributed by atoms with Gasteiger partial charge >= 0.3 is 12.3 Å². The maximum Gasteiger partial charge on any atom is 0.573 e. The summed E-state index contributed by atoms with van der Waals surface area (Å²) in [4.78, 5) is 24.2. The molecule has 29 heavy (non-hydrogen) atoms. The normalized spacial score (nSPS) is 11.9. The van der Waals surface area contributed by atoms with Gasteiger partial charge in [-0.25, -0.2) is 9.18 Å². The van der Waals surface area contributed by atoms with Crippen LogP contribution in [-0.2, 0) is 4.79 Å². The number of Topliss-reactive ketones (excluding diaryl/α,β-unsaturated/α-hetero) is 1. The number of carbonyl (C=O) groups is 2. The molecule has 0 aliphatic rings. The first kappa shape index (κ1) is 22.7. The van der Waals surface area contributed by atoms with Gasteiger partial charge < -0.3 is 9.84 Å². The van der Waals surface area contributed by atoms with Crippen molar-refractivity contribution >= 4 is 50.8 Å². The molecule has 0 saturated carbocycles. The van der Waals surface area contributed by atoms with Crippen LogP contribution in [0.2, 0.25) is 0 Å². The molecule has 0 aromatic heterocycles. The monoisotopic (exact) mass is 494 g/mol. The van der Waals surface area contributed by atoms with Crippen molar-refractivity contribution in [3.63, 3.8) is 0 Å². The Bertz CT molecular complexity index is 965. The van der Waals surface area contributed by atoms with Crippen molar-refractivity contribution in [2.45, 2.75) is 11.3 Å². The Morgan fingerprint density at radius 3 is 2.34 bits per heavy atom. The fourth-order valence-electron chi connectivity index (χ4n) is 2.10. The van der Waals surface area contributed by atoms with Crippen LogP contribution in [0.5, 0.6) is 5.75 Å². The van der Waals surface area contributed by atoms with Crippen molar-refractivity contribution in [3.05, 3.63) is 52.3 Å². The summed E-state index contributed by atoms with van der Waals surface area (Å²) in [5, 5.41) is 12.8. The molecule has 6 nitrogen and oxygen atoms in total. The first-order valence-corrected chi connectivity index (χ1v) is 9.54. The summed E-state index contributed by atoms with van der Waals surface area (Å²) in [5.74, 6) is -4.32. The van der Waals surface area contributed by atoms with E-state index >= 15 is 0 Å². The first-order valence-electron chi connectivity index (χ1n) is 7.52. The average molecular weight is 495 g/mol. The summed E-state index contributed by atoms with van der Waals surface area (Å²) in [5.41, 5.74) is 0.859. The number of carbonyl (C=O) groups excluding carboxylic acids is 1. The second kappa shape index (κ2) is 9.27. The van der Waals surface area contributed by atoms with Gasteiger partial charge in [0.1, 0.15) is 11.6 Å². The quantitative estimate of drug-likeness (QED) is 0.141. The average Bonchev–Trinajstić information content (AvgIpc) is 2.60. The van der Waals surface area contributed by atoms with E-state index in [1.54, 1.807) is 6.26 Å². The number of hydrogen-bond acceptors (Lipinski definition) is 6. The molecule has 0 radical (unpaired) electrons. The SMILES string of the molecule is CSc1cc(Br)cc(F)c1C(=O)C(=NNc1ccc(OC(F)(F)F)cc1)C(=O)O. The minimum Gasteiger partial charge on any atom is -0.476 e. The molecular weight excluding hydrogens is 484 g/mol. The highest BCUT2D eigenvalue weighted by Gasteiger charge is 2.31. The molecule has 0 heterocycles. The number of benzene rings is 2. The Balaban J connectivity index is 2.29. The number of anilines is 1. The zero-order valence-corrected chi connectivity index (χ0v) is 16.8. The second-order valence-corrected chi connectivity index (χ2v) is 7.01. The van der Waals surface area contributed by atoms with Gasteiger partial charge in [0.05, 0.1) is 11.3 Å². The fraction of sp³-hybridized carbons (Fsp3) is 0.118. The van der Waals surface area contributed by atoms with E-state index in [1.165, 1.54) is 6.07 Å². The highest BCUT2D eigenvalue weighted by Crippen LogP contribution is 2.28. The number of alkyl halides is 3. The van der Waals surface area contributed by atoms with Crippen LogP contribution in [0.4, 0.5) is 23.2 Å². The number of ether oxygens (including phenoxy) is 1. The third kappa shape index (κ3) is 6.19. The molecule has 0 amide bonds. The predicted octanol–water partition coefficient (Wildman–Crippen LogP) is 4.94. The predicted molar refractivity (Wildman–Crippen MR) is 102 cm³/mol. The number of carboxylic acids is 1. The number of thioether (sulfide) groups is 1. The van der Waals surface area contributed by atoms with Crippen molar-refractivity contribution < 1.29 is 37.0 Å². The number of aliphatic carboxylic acids is 1. The number of hydrogen-bond donors (Lipinski definition) is 2. The van der Waals surface area contributed by atoms with E-state index in [1.807, 2.05) is 0 Å². The van der Waals surface area contributed by atoms with Crippen LogP contribution in [-0.4, -0.2) is 35.2 Å². The zero-order chi connectivity index (χ0) is 21.8. The van der Waals surface area contributed by atoms with E-state index in [0.717, 1.165) is 42.1 Å². The molecule has 0 aliphatic carbocycles. The largest absolute Gasteiger partial charge is 0.573 e. The van der Waals surface area contributed by atoms with Crippen LogP contribution in [0, 0.1) is 5.82 Å². The highest BCUT2D eigenvalue weighted by atomic mass is 79.9. The maximum absolute atomic E-state index is 14.3. The first-order chi connectivity index (χ1) is 13.5. The van der Waals surface area contributed by atoms with Crippen molar-refractivity contribution in [2.75, 3.05) is 11.7 Å². The van der Waals surface area contributed by atoms with Gasteiger partial charge in [-0.15, -0.1) is 24.9 Å². The Hall–Kier alpha value is -2.60. The maximum atomic E-state index is 14.3. The Morgan fingerprint density at radius 2 is 1.83 bits per heavy atom. The minimum atomic E-state index is -4.86. The minimum absolute atomic E-state index is 0.0763. The third-order valence-electron chi connectivity index (χ3n) is 3.27. The fourth-order valence-corrected chi connectivity index (χ4v) is 3.32. The topological polar surface area (TPSA) is 88.0 Å². The molecule has 0 bridgehead atoms. The molecule has 2 aromatic rings. The van der Waals surface area contributed by atoms with Crippen molar-refractivity contribution in [3.8, 4) is 5.75 Å². The molecule has 0 unspecified atom stereocenters.